The standard InChI is InChI=1S/C27H26F2N2O2/c1-26(2,32)22-7-5-4-6-21(22)19-11-14-23-24(16-19)31-25(30-23)15-10-18-8-12-20(13-9-18)33-17-27(3,28)29/h4-16,32H,17H2,1-3H3,(H,30,31)/b15-10+. The predicted molar refractivity (Wildman–Crippen MR) is 128 cm³/mol. The van der Waals surface area contributed by atoms with Crippen LogP contribution >= 0.6 is 0 Å². The number of hydrogen-bond donors (Lipinski definition) is 2. The van der Waals surface area contributed by atoms with Gasteiger partial charge in [-0.05, 0) is 66.4 Å². The number of imidazole rings is 1. The van der Waals surface area contributed by atoms with Crippen molar-refractivity contribution in [3.8, 4) is 16.9 Å². The van der Waals surface area contributed by atoms with Crippen molar-refractivity contribution in [2.75, 3.05) is 6.61 Å². The quantitative estimate of drug-likeness (QED) is 0.332. The van der Waals surface area contributed by atoms with Gasteiger partial charge in [-0.3, -0.25) is 0 Å². The van der Waals surface area contributed by atoms with E-state index in [4.69, 9.17) is 4.74 Å². The number of aromatic nitrogens is 2. The number of hydrogen-bond acceptors (Lipinski definition) is 3. The average Bonchev–Trinajstić information content (AvgIpc) is 3.18. The number of nitrogens with zero attached hydrogens (tertiary/aromatic N) is 1. The minimum atomic E-state index is -2.86. The molecule has 0 radical (unpaired) electrons. The number of rotatable bonds is 7. The van der Waals surface area contributed by atoms with Gasteiger partial charge >= 0.3 is 0 Å². The molecule has 0 bridgehead atoms. The molecular weight excluding hydrogens is 422 g/mol. The molecule has 6 heteroatoms. The molecule has 1 heterocycles. The first kappa shape index (κ1) is 22.7. The van der Waals surface area contributed by atoms with E-state index in [9.17, 15) is 13.9 Å². The van der Waals surface area contributed by atoms with E-state index in [1.54, 1.807) is 38.1 Å². The average molecular weight is 449 g/mol. The summed E-state index contributed by atoms with van der Waals surface area (Å²) >= 11 is 0. The summed E-state index contributed by atoms with van der Waals surface area (Å²) in [7, 11) is 0. The monoisotopic (exact) mass is 448 g/mol. The van der Waals surface area contributed by atoms with Crippen LogP contribution in [0.2, 0.25) is 0 Å². The Morgan fingerprint density at radius 2 is 1.70 bits per heavy atom. The van der Waals surface area contributed by atoms with E-state index in [0.29, 0.717) is 11.6 Å². The van der Waals surface area contributed by atoms with Crippen LogP contribution < -0.4 is 4.74 Å². The summed E-state index contributed by atoms with van der Waals surface area (Å²) in [5.74, 6) is -1.77. The van der Waals surface area contributed by atoms with Gasteiger partial charge in [-0.2, -0.15) is 0 Å². The molecule has 0 spiro atoms. The lowest BCUT2D eigenvalue weighted by Gasteiger charge is -2.21. The zero-order valence-corrected chi connectivity index (χ0v) is 18.8. The van der Waals surface area contributed by atoms with Gasteiger partial charge in [0.05, 0.1) is 16.6 Å². The molecule has 33 heavy (non-hydrogen) atoms. The van der Waals surface area contributed by atoms with Crippen LogP contribution in [0, 0.1) is 0 Å². The topological polar surface area (TPSA) is 58.1 Å². The minimum Gasteiger partial charge on any atom is -0.487 e. The molecule has 4 rings (SSSR count). The summed E-state index contributed by atoms with van der Waals surface area (Å²) < 4.78 is 30.9. The third-order valence-corrected chi connectivity index (χ3v) is 5.20. The Hall–Kier alpha value is -3.51. The largest absolute Gasteiger partial charge is 0.487 e. The molecule has 0 aliphatic rings. The highest BCUT2D eigenvalue weighted by molar-refractivity contribution is 5.84. The van der Waals surface area contributed by atoms with Gasteiger partial charge in [-0.1, -0.05) is 48.5 Å². The number of alkyl halides is 2. The number of H-pyrrole nitrogens is 1. The molecular formula is C27H26F2N2O2. The van der Waals surface area contributed by atoms with E-state index in [1.807, 2.05) is 54.6 Å². The fraction of sp³-hybridized carbons (Fsp3) is 0.222. The second kappa shape index (κ2) is 8.79. The van der Waals surface area contributed by atoms with Gasteiger partial charge in [0.1, 0.15) is 11.6 Å². The van der Waals surface area contributed by atoms with Crippen molar-refractivity contribution in [2.45, 2.75) is 32.3 Å². The van der Waals surface area contributed by atoms with Gasteiger partial charge in [-0.25, -0.2) is 13.8 Å². The normalized spacial score (nSPS) is 12.5. The molecule has 0 amide bonds. The summed E-state index contributed by atoms with van der Waals surface area (Å²) in [6.07, 6.45) is 3.75. The van der Waals surface area contributed by atoms with E-state index in [-0.39, 0.29) is 0 Å². The summed E-state index contributed by atoms with van der Waals surface area (Å²) in [6.45, 7) is 3.73. The maximum absolute atomic E-state index is 12.9. The zero-order chi connectivity index (χ0) is 23.6. The molecule has 1 aromatic heterocycles. The maximum Gasteiger partial charge on any atom is 0.278 e. The predicted octanol–water partition coefficient (Wildman–Crippen LogP) is 6.66. The smallest absolute Gasteiger partial charge is 0.278 e. The maximum atomic E-state index is 12.9. The SMILES string of the molecule is CC(F)(F)COc1ccc(/C=C/c2nc3ccc(-c4ccccc4C(C)(C)O)cc3[nH]2)cc1. The Kier molecular flexibility index (Phi) is 6.04. The van der Waals surface area contributed by atoms with Crippen molar-refractivity contribution in [3.05, 3.63) is 83.7 Å². The number of halogens is 2. The third-order valence-electron chi connectivity index (χ3n) is 5.20. The van der Waals surface area contributed by atoms with E-state index >= 15 is 0 Å². The first-order chi connectivity index (χ1) is 15.6. The zero-order valence-electron chi connectivity index (χ0n) is 18.8. The van der Waals surface area contributed by atoms with Crippen molar-refractivity contribution >= 4 is 23.2 Å². The van der Waals surface area contributed by atoms with E-state index in [0.717, 1.165) is 40.2 Å². The third kappa shape index (κ3) is 5.65. The van der Waals surface area contributed by atoms with Crippen LogP contribution in [-0.2, 0) is 5.60 Å². The van der Waals surface area contributed by atoms with Gasteiger partial charge in [0.15, 0.2) is 6.61 Å². The lowest BCUT2D eigenvalue weighted by Crippen LogP contribution is -2.20. The summed E-state index contributed by atoms with van der Waals surface area (Å²) in [6, 6.07) is 20.7. The molecule has 0 fully saturated rings. The second-order valence-corrected chi connectivity index (χ2v) is 8.72. The van der Waals surface area contributed by atoms with Crippen molar-refractivity contribution in [1.82, 2.24) is 9.97 Å². The number of nitrogens with one attached hydrogen (secondary N) is 1. The molecule has 4 nitrogen and oxygen atoms in total. The lowest BCUT2D eigenvalue weighted by molar-refractivity contribution is -0.0229. The Morgan fingerprint density at radius 3 is 2.39 bits per heavy atom. The van der Waals surface area contributed by atoms with E-state index in [1.165, 1.54) is 0 Å². The Labute approximate surface area is 191 Å². The van der Waals surface area contributed by atoms with Crippen LogP contribution in [0.25, 0.3) is 34.3 Å². The van der Waals surface area contributed by atoms with E-state index < -0.39 is 18.1 Å². The van der Waals surface area contributed by atoms with Crippen molar-refractivity contribution in [1.29, 1.82) is 0 Å². The van der Waals surface area contributed by atoms with Gasteiger partial charge < -0.3 is 14.8 Å². The number of aromatic amines is 1. The molecule has 0 aliphatic heterocycles. The number of aliphatic hydroxyl groups is 1. The molecule has 4 aromatic rings. The Morgan fingerprint density at radius 1 is 0.970 bits per heavy atom. The van der Waals surface area contributed by atoms with Crippen LogP contribution in [0.5, 0.6) is 5.75 Å². The molecule has 0 unspecified atom stereocenters. The summed E-state index contributed by atoms with van der Waals surface area (Å²) in [4.78, 5) is 7.92. The summed E-state index contributed by atoms with van der Waals surface area (Å²) in [5, 5.41) is 10.5. The van der Waals surface area contributed by atoms with Crippen LogP contribution in [0.4, 0.5) is 8.78 Å². The minimum absolute atomic E-state index is 0.399. The van der Waals surface area contributed by atoms with Crippen molar-refractivity contribution in [3.63, 3.8) is 0 Å². The van der Waals surface area contributed by atoms with Crippen LogP contribution in [0.15, 0.2) is 66.7 Å². The first-order valence-electron chi connectivity index (χ1n) is 10.7. The van der Waals surface area contributed by atoms with Gasteiger partial charge in [0.25, 0.3) is 5.92 Å². The molecule has 0 saturated carbocycles. The molecule has 0 atom stereocenters. The summed E-state index contributed by atoms with van der Waals surface area (Å²) in [5.41, 5.74) is 4.50. The molecule has 170 valence electrons. The fourth-order valence-electron chi connectivity index (χ4n) is 3.60. The van der Waals surface area contributed by atoms with Crippen LogP contribution in [-0.4, -0.2) is 27.6 Å². The van der Waals surface area contributed by atoms with Crippen molar-refractivity contribution < 1.29 is 18.6 Å². The molecule has 0 aliphatic carbocycles. The van der Waals surface area contributed by atoms with Crippen LogP contribution in [0.1, 0.15) is 37.7 Å². The highest BCUT2D eigenvalue weighted by Crippen LogP contribution is 2.32. The number of benzene rings is 3. The highest BCUT2D eigenvalue weighted by atomic mass is 19.3. The van der Waals surface area contributed by atoms with Gasteiger partial charge in [0, 0.05) is 6.92 Å². The Bertz CT molecular complexity index is 1280. The van der Waals surface area contributed by atoms with Gasteiger partial charge in [-0.15, -0.1) is 0 Å². The molecule has 2 N–H and O–H groups in total. The highest BCUT2D eigenvalue weighted by Gasteiger charge is 2.22. The first-order valence-corrected chi connectivity index (χ1v) is 10.7. The second-order valence-electron chi connectivity index (χ2n) is 8.72. The van der Waals surface area contributed by atoms with Crippen LogP contribution in [0.3, 0.4) is 0 Å². The fourth-order valence-corrected chi connectivity index (χ4v) is 3.60. The van der Waals surface area contributed by atoms with Gasteiger partial charge in [0.2, 0.25) is 0 Å². The molecule has 3 aromatic carbocycles. The number of ether oxygens (including phenoxy) is 1. The Balaban J connectivity index is 1.53. The van der Waals surface area contributed by atoms with Crippen molar-refractivity contribution in [2.24, 2.45) is 0 Å². The van der Waals surface area contributed by atoms with E-state index in [2.05, 4.69) is 9.97 Å². The lowest BCUT2D eigenvalue weighted by atomic mass is 9.89. The number of fused-ring (bicyclic) bond motifs is 1. The molecule has 0 saturated heterocycles.